The van der Waals surface area contributed by atoms with Gasteiger partial charge in [0.1, 0.15) is 6.10 Å². The molecule has 0 aromatic carbocycles. The fraction of sp³-hybridized carbons (Fsp3) is 0.982. The van der Waals surface area contributed by atoms with Crippen molar-refractivity contribution in [3.05, 3.63) is 0 Å². The van der Waals surface area contributed by atoms with Gasteiger partial charge in [0.15, 0.2) is 0 Å². The topological polar surface area (TPSA) is 89.8 Å². The van der Waals surface area contributed by atoms with E-state index in [2.05, 4.69) is 19.2 Å². The summed E-state index contributed by atoms with van der Waals surface area (Å²) in [4.78, 5) is 12.6. The van der Waals surface area contributed by atoms with Crippen LogP contribution in [0.2, 0.25) is 0 Å². The minimum atomic E-state index is -1.07. The Morgan fingerprint density at radius 3 is 0.738 bits per heavy atom. The van der Waals surface area contributed by atoms with Crippen molar-refractivity contribution in [2.75, 3.05) is 6.61 Å². The molecule has 0 saturated carbocycles. The van der Waals surface area contributed by atoms with Crippen LogP contribution in [0.1, 0.15) is 328 Å². The van der Waals surface area contributed by atoms with Crippen molar-refractivity contribution in [1.82, 2.24) is 5.32 Å². The van der Waals surface area contributed by atoms with Gasteiger partial charge in [0, 0.05) is 0 Å². The second-order valence-corrected chi connectivity index (χ2v) is 19.9. The summed E-state index contributed by atoms with van der Waals surface area (Å²) in [6, 6.07) is -0.707. The first-order valence-electron chi connectivity index (χ1n) is 28.3. The molecule has 0 fully saturated rings. The van der Waals surface area contributed by atoms with Gasteiger partial charge in [-0.2, -0.15) is 0 Å². The molecule has 61 heavy (non-hydrogen) atoms. The summed E-state index contributed by atoms with van der Waals surface area (Å²) in [5.74, 6) is -0.462. The van der Waals surface area contributed by atoms with Crippen molar-refractivity contribution < 1.29 is 20.1 Å². The van der Waals surface area contributed by atoms with E-state index in [-0.39, 0.29) is 6.61 Å². The summed E-state index contributed by atoms with van der Waals surface area (Å²) in [5.41, 5.74) is 0. The maximum atomic E-state index is 12.6. The van der Waals surface area contributed by atoms with Crippen molar-refractivity contribution in [2.24, 2.45) is 0 Å². The van der Waals surface area contributed by atoms with Gasteiger partial charge in [0.05, 0.1) is 18.8 Å². The van der Waals surface area contributed by atoms with E-state index in [1.807, 2.05) is 0 Å². The van der Waals surface area contributed by atoms with Gasteiger partial charge in [-0.15, -0.1) is 0 Å². The summed E-state index contributed by atoms with van der Waals surface area (Å²) in [7, 11) is 0. The minimum Gasteiger partial charge on any atom is -0.394 e. The molecule has 0 aliphatic rings. The van der Waals surface area contributed by atoms with Crippen LogP contribution < -0.4 is 5.32 Å². The quantitative estimate of drug-likeness (QED) is 0.0459. The predicted octanol–water partition coefficient (Wildman–Crippen LogP) is 17.3. The zero-order valence-electron chi connectivity index (χ0n) is 41.8. The first kappa shape index (κ1) is 60.4. The molecule has 4 N–H and O–H groups in total. The van der Waals surface area contributed by atoms with E-state index in [4.69, 9.17) is 0 Å². The molecule has 3 atom stereocenters. The van der Waals surface area contributed by atoms with Crippen molar-refractivity contribution in [3.8, 4) is 0 Å². The lowest BCUT2D eigenvalue weighted by Gasteiger charge is -2.23. The lowest BCUT2D eigenvalue weighted by atomic mass is 10.0. The van der Waals surface area contributed by atoms with Gasteiger partial charge in [-0.25, -0.2) is 0 Å². The Hall–Kier alpha value is -0.650. The van der Waals surface area contributed by atoms with Crippen LogP contribution in [0.4, 0.5) is 0 Å². The molecular formula is C56H113NO4. The molecule has 0 rings (SSSR count). The van der Waals surface area contributed by atoms with Gasteiger partial charge in [-0.1, -0.05) is 316 Å². The Bertz CT molecular complexity index is 822. The highest BCUT2D eigenvalue weighted by Crippen LogP contribution is 2.19. The highest BCUT2D eigenvalue weighted by molar-refractivity contribution is 5.80. The lowest BCUT2D eigenvalue weighted by Crippen LogP contribution is -2.49. The van der Waals surface area contributed by atoms with E-state index in [0.717, 1.165) is 32.1 Å². The lowest BCUT2D eigenvalue weighted by molar-refractivity contribution is -0.131. The zero-order chi connectivity index (χ0) is 44.4. The predicted molar refractivity (Wildman–Crippen MR) is 269 cm³/mol. The molecule has 0 radical (unpaired) electrons. The Kier molecular flexibility index (Phi) is 51.4. The van der Waals surface area contributed by atoms with E-state index < -0.39 is 24.2 Å². The number of amides is 1. The van der Waals surface area contributed by atoms with E-state index in [1.165, 1.54) is 270 Å². The van der Waals surface area contributed by atoms with Crippen molar-refractivity contribution in [2.45, 2.75) is 347 Å². The fourth-order valence-electron chi connectivity index (χ4n) is 9.31. The van der Waals surface area contributed by atoms with Gasteiger partial charge in [0.2, 0.25) is 5.91 Å². The second kappa shape index (κ2) is 52.0. The van der Waals surface area contributed by atoms with Gasteiger partial charge >= 0.3 is 0 Å². The average molecular weight is 865 g/mol. The minimum absolute atomic E-state index is 0.307. The summed E-state index contributed by atoms with van der Waals surface area (Å²) in [6.45, 7) is 4.28. The van der Waals surface area contributed by atoms with Crippen LogP contribution in [0, 0.1) is 0 Å². The van der Waals surface area contributed by atoms with Crippen LogP contribution >= 0.6 is 0 Å². The molecule has 5 nitrogen and oxygen atoms in total. The molecular weight excluding hydrogens is 751 g/mol. The number of aliphatic hydroxyl groups is 3. The van der Waals surface area contributed by atoms with Crippen LogP contribution in [0.3, 0.4) is 0 Å². The molecule has 0 aliphatic heterocycles. The van der Waals surface area contributed by atoms with Gasteiger partial charge in [0.25, 0.3) is 0 Å². The molecule has 5 heteroatoms. The Balaban J connectivity index is 3.49. The monoisotopic (exact) mass is 864 g/mol. The molecule has 0 bridgehead atoms. The molecule has 0 aromatic heterocycles. The summed E-state index contributed by atoms with van der Waals surface area (Å²) < 4.78 is 0. The molecule has 0 heterocycles. The highest BCUT2D eigenvalue weighted by atomic mass is 16.3. The van der Waals surface area contributed by atoms with E-state index in [9.17, 15) is 20.1 Å². The molecule has 3 unspecified atom stereocenters. The van der Waals surface area contributed by atoms with Crippen LogP contribution in [-0.4, -0.2) is 46.1 Å². The first-order chi connectivity index (χ1) is 30.1. The maximum Gasteiger partial charge on any atom is 0.249 e. The molecule has 0 saturated heterocycles. The number of nitrogens with one attached hydrogen (secondary N) is 1. The third-order valence-electron chi connectivity index (χ3n) is 13.7. The number of aliphatic hydroxyl groups excluding tert-OH is 3. The Morgan fingerprint density at radius 2 is 0.525 bits per heavy atom. The molecule has 366 valence electrons. The highest BCUT2D eigenvalue weighted by Gasteiger charge is 2.23. The molecule has 1 amide bonds. The SMILES string of the molecule is CCCCCCCCCCCCCCCCCCCCCCCCCCCC(O)C(CO)NC(=O)C(O)CCCCCCCCCCCCCCCCCCCCCCCC. The number of hydrogen-bond acceptors (Lipinski definition) is 4. The van der Waals surface area contributed by atoms with E-state index in [1.54, 1.807) is 0 Å². The Morgan fingerprint density at radius 1 is 0.328 bits per heavy atom. The summed E-state index contributed by atoms with van der Waals surface area (Å²) in [5, 5.41) is 33.6. The first-order valence-corrected chi connectivity index (χ1v) is 28.3. The van der Waals surface area contributed by atoms with Crippen molar-refractivity contribution in [1.29, 1.82) is 0 Å². The van der Waals surface area contributed by atoms with Crippen LogP contribution in [0.25, 0.3) is 0 Å². The van der Waals surface area contributed by atoms with E-state index in [0.29, 0.717) is 12.8 Å². The third kappa shape index (κ3) is 47.1. The number of unbranched alkanes of at least 4 members (excludes halogenated alkanes) is 45. The largest absolute Gasteiger partial charge is 0.394 e. The molecule has 0 aromatic rings. The maximum absolute atomic E-state index is 12.6. The number of rotatable bonds is 53. The zero-order valence-corrected chi connectivity index (χ0v) is 41.8. The third-order valence-corrected chi connectivity index (χ3v) is 13.7. The standard InChI is InChI=1S/C56H113NO4/c1-3-5-7-9-11-13-15-17-19-21-23-25-27-28-29-31-32-34-36-38-40-42-44-46-48-50-54(59)53(52-58)57-56(61)55(60)51-49-47-45-43-41-39-37-35-33-30-26-24-22-20-18-16-14-12-10-8-6-4-2/h53-55,58-60H,3-52H2,1-2H3,(H,57,61). The molecule has 0 aliphatic carbocycles. The Labute approximate surface area is 383 Å². The summed E-state index contributed by atoms with van der Waals surface area (Å²) in [6.07, 6.45) is 62.9. The van der Waals surface area contributed by atoms with Gasteiger partial charge in [-0.05, 0) is 12.8 Å². The summed E-state index contributed by atoms with van der Waals surface area (Å²) >= 11 is 0. The van der Waals surface area contributed by atoms with Gasteiger partial charge in [-0.3, -0.25) is 4.79 Å². The normalized spacial score (nSPS) is 13.2. The number of hydrogen-bond donors (Lipinski definition) is 4. The average Bonchev–Trinajstić information content (AvgIpc) is 3.26. The second-order valence-electron chi connectivity index (χ2n) is 19.9. The smallest absolute Gasteiger partial charge is 0.249 e. The van der Waals surface area contributed by atoms with Crippen LogP contribution in [-0.2, 0) is 4.79 Å². The molecule has 0 spiro atoms. The van der Waals surface area contributed by atoms with Crippen molar-refractivity contribution in [3.63, 3.8) is 0 Å². The number of carbonyl (C=O) groups is 1. The van der Waals surface area contributed by atoms with Crippen molar-refractivity contribution >= 4 is 5.91 Å². The van der Waals surface area contributed by atoms with Gasteiger partial charge < -0.3 is 20.6 Å². The van der Waals surface area contributed by atoms with Crippen LogP contribution in [0.5, 0.6) is 0 Å². The fourth-order valence-corrected chi connectivity index (χ4v) is 9.31. The van der Waals surface area contributed by atoms with Crippen LogP contribution in [0.15, 0.2) is 0 Å². The van der Waals surface area contributed by atoms with E-state index >= 15 is 0 Å². The number of carbonyl (C=O) groups excluding carboxylic acids is 1.